The summed E-state index contributed by atoms with van der Waals surface area (Å²) >= 11 is 1.31. The fourth-order valence-corrected chi connectivity index (χ4v) is 3.47. The summed E-state index contributed by atoms with van der Waals surface area (Å²) in [6.07, 6.45) is 0.774. The molecule has 0 saturated carbocycles. The number of aryl methyl sites for hydroxylation is 2. The molecule has 2 heterocycles. The SMILES string of the molecule is CCc1nc(SCC(=O)c2cc(C)n(-c3cccc(F)c3)c2C)n[nH]1. The molecule has 0 aliphatic carbocycles. The van der Waals surface area contributed by atoms with Crippen molar-refractivity contribution in [2.45, 2.75) is 32.3 Å². The van der Waals surface area contributed by atoms with Crippen LogP contribution in [-0.4, -0.2) is 31.3 Å². The fraction of sp³-hybridized carbons (Fsp3) is 0.278. The quantitative estimate of drug-likeness (QED) is 0.536. The Morgan fingerprint density at radius 3 is 2.80 bits per heavy atom. The number of H-pyrrole nitrogens is 1. The van der Waals surface area contributed by atoms with Crippen LogP contribution in [0.4, 0.5) is 4.39 Å². The van der Waals surface area contributed by atoms with Gasteiger partial charge in [0.25, 0.3) is 0 Å². The summed E-state index contributed by atoms with van der Waals surface area (Å²) < 4.78 is 15.4. The Bertz CT molecular complexity index is 916. The number of hydrogen-bond donors (Lipinski definition) is 1. The zero-order chi connectivity index (χ0) is 18.0. The summed E-state index contributed by atoms with van der Waals surface area (Å²) in [7, 11) is 0. The van der Waals surface area contributed by atoms with Crippen LogP contribution in [0.5, 0.6) is 0 Å². The van der Waals surface area contributed by atoms with Gasteiger partial charge in [-0.2, -0.15) is 0 Å². The van der Waals surface area contributed by atoms with Crippen molar-refractivity contribution >= 4 is 17.5 Å². The predicted molar refractivity (Wildman–Crippen MR) is 96.0 cm³/mol. The zero-order valence-corrected chi connectivity index (χ0v) is 15.2. The number of aromatic nitrogens is 4. The smallest absolute Gasteiger partial charge is 0.208 e. The third-order valence-corrected chi connectivity index (χ3v) is 4.82. The molecular formula is C18H19FN4OS. The Labute approximate surface area is 149 Å². The number of aromatic amines is 1. The van der Waals surface area contributed by atoms with Crippen LogP contribution in [0.3, 0.4) is 0 Å². The van der Waals surface area contributed by atoms with Gasteiger partial charge in [-0.3, -0.25) is 9.89 Å². The number of thioether (sulfide) groups is 1. The molecule has 0 amide bonds. The van der Waals surface area contributed by atoms with Gasteiger partial charge in [-0.25, -0.2) is 9.37 Å². The molecule has 0 atom stereocenters. The summed E-state index contributed by atoms with van der Waals surface area (Å²) in [6, 6.07) is 8.20. The van der Waals surface area contributed by atoms with Crippen LogP contribution in [-0.2, 0) is 6.42 Å². The molecular weight excluding hydrogens is 339 g/mol. The van der Waals surface area contributed by atoms with Crippen LogP contribution in [0.15, 0.2) is 35.5 Å². The lowest BCUT2D eigenvalue weighted by atomic mass is 10.2. The molecule has 2 aromatic heterocycles. The largest absolute Gasteiger partial charge is 0.318 e. The third kappa shape index (κ3) is 3.66. The lowest BCUT2D eigenvalue weighted by Gasteiger charge is -2.09. The highest BCUT2D eigenvalue weighted by Gasteiger charge is 2.18. The highest BCUT2D eigenvalue weighted by Crippen LogP contribution is 2.23. The first kappa shape index (κ1) is 17.4. The molecule has 3 aromatic rings. The van der Waals surface area contributed by atoms with E-state index in [1.54, 1.807) is 6.07 Å². The van der Waals surface area contributed by atoms with E-state index in [0.717, 1.165) is 23.6 Å². The van der Waals surface area contributed by atoms with Crippen molar-refractivity contribution in [3.05, 3.63) is 58.9 Å². The molecule has 0 saturated heterocycles. The number of ketones is 1. The van der Waals surface area contributed by atoms with Crippen molar-refractivity contribution in [2.24, 2.45) is 0 Å². The fourth-order valence-electron chi connectivity index (χ4n) is 2.77. The summed E-state index contributed by atoms with van der Waals surface area (Å²) in [4.78, 5) is 16.9. The van der Waals surface area contributed by atoms with Gasteiger partial charge in [0, 0.05) is 29.1 Å². The van der Waals surface area contributed by atoms with E-state index in [1.165, 1.54) is 23.9 Å². The minimum atomic E-state index is -0.301. The number of nitrogens with one attached hydrogen (secondary N) is 1. The van der Waals surface area contributed by atoms with Gasteiger partial charge in [0.15, 0.2) is 5.78 Å². The minimum Gasteiger partial charge on any atom is -0.318 e. The molecule has 0 bridgehead atoms. The molecule has 25 heavy (non-hydrogen) atoms. The average Bonchev–Trinajstić information content (AvgIpc) is 3.17. The molecule has 0 aliphatic heterocycles. The summed E-state index contributed by atoms with van der Waals surface area (Å²) in [5, 5.41) is 7.49. The summed E-state index contributed by atoms with van der Waals surface area (Å²) in [5.41, 5.74) is 3.05. The van der Waals surface area contributed by atoms with Crippen LogP contribution < -0.4 is 0 Å². The third-order valence-electron chi connectivity index (χ3n) is 3.98. The molecule has 0 spiro atoms. The standard InChI is InChI=1S/C18H19FN4OS/c1-4-17-20-18(22-21-17)25-10-16(24)15-8-11(2)23(12(15)3)14-7-5-6-13(19)9-14/h5-9H,4,10H2,1-3H3,(H,20,21,22). The average molecular weight is 358 g/mol. The topological polar surface area (TPSA) is 63.6 Å². The van der Waals surface area contributed by atoms with Gasteiger partial charge in [-0.1, -0.05) is 24.8 Å². The van der Waals surface area contributed by atoms with Crippen LogP contribution in [0.25, 0.3) is 5.69 Å². The lowest BCUT2D eigenvalue weighted by Crippen LogP contribution is -2.06. The molecule has 0 radical (unpaired) electrons. The number of nitrogens with zero attached hydrogens (tertiary/aromatic N) is 3. The van der Waals surface area contributed by atoms with E-state index in [4.69, 9.17) is 0 Å². The van der Waals surface area contributed by atoms with Crippen LogP contribution in [0.2, 0.25) is 0 Å². The van der Waals surface area contributed by atoms with Crippen LogP contribution in [0, 0.1) is 19.7 Å². The highest BCUT2D eigenvalue weighted by atomic mass is 32.2. The Morgan fingerprint density at radius 2 is 2.12 bits per heavy atom. The van der Waals surface area contributed by atoms with Gasteiger partial charge in [0.1, 0.15) is 11.6 Å². The van der Waals surface area contributed by atoms with Crippen molar-refractivity contribution < 1.29 is 9.18 Å². The van der Waals surface area contributed by atoms with Gasteiger partial charge in [-0.05, 0) is 38.1 Å². The maximum Gasteiger partial charge on any atom is 0.208 e. The number of Topliss-reactive ketones (excluding diaryl/α,β-unsaturated/α-hetero) is 1. The first-order valence-electron chi connectivity index (χ1n) is 8.01. The van der Waals surface area contributed by atoms with E-state index < -0.39 is 0 Å². The van der Waals surface area contributed by atoms with Crippen LogP contribution in [0.1, 0.15) is 34.5 Å². The molecule has 0 unspecified atom stereocenters. The summed E-state index contributed by atoms with van der Waals surface area (Å²) in [6.45, 7) is 5.77. The maximum absolute atomic E-state index is 13.5. The van der Waals surface area contributed by atoms with Gasteiger partial charge in [0.05, 0.1) is 5.75 Å². The van der Waals surface area contributed by atoms with Crippen molar-refractivity contribution in [1.82, 2.24) is 19.7 Å². The number of carbonyl (C=O) groups excluding carboxylic acids is 1. The lowest BCUT2D eigenvalue weighted by molar-refractivity contribution is 0.102. The highest BCUT2D eigenvalue weighted by molar-refractivity contribution is 7.99. The van der Waals surface area contributed by atoms with Crippen molar-refractivity contribution in [1.29, 1.82) is 0 Å². The monoisotopic (exact) mass is 358 g/mol. The molecule has 130 valence electrons. The molecule has 1 N–H and O–H groups in total. The number of carbonyl (C=O) groups is 1. The predicted octanol–water partition coefficient (Wildman–Crippen LogP) is 3.89. The van der Waals surface area contributed by atoms with Crippen molar-refractivity contribution in [2.75, 3.05) is 5.75 Å². The van der Waals surface area contributed by atoms with E-state index in [2.05, 4.69) is 15.2 Å². The Balaban J connectivity index is 1.80. The molecule has 0 aliphatic rings. The number of halogens is 1. The first-order valence-corrected chi connectivity index (χ1v) is 9.00. The Hall–Kier alpha value is -2.41. The molecule has 7 heteroatoms. The van der Waals surface area contributed by atoms with Crippen molar-refractivity contribution in [3.8, 4) is 5.69 Å². The Morgan fingerprint density at radius 1 is 1.32 bits per heavy atom. The van der Waals surface area contributed by atoms with Crippen LogP contribution >= 0.6 is 11.8 Å². The van der Waals surface area contributed by atoms with E-state index >= 15 is 0 Å². The molecule has 1 aromatic carbocycles. The maximum atomic E-state index is 13.5. The Kier molecular flexibility index (Phi) is 5.03. The normalized spacial score (nSPS) is 11.0. The molecule has 0 fully saturated rings. The first-order chi connectivity index (χ1) is 12.0. The van der Waals surface area contributed by atoms with E-state index in [1.807, 2.05) is 37.5 Å². The number of benzene rings is 1. The molecule has 3 rings (SSSR count). The van der Waals surface area contributed by atoms with Gasteiger partial charge >= 0.3 is 0 Å². The molecule has 5 nitrogen and oxygen atoms in total. The van der Waals surface area contributed by atoms with E-state index in [-0.39, 0.29) is 17.4 Å². The van der Waals surface area contributed by atoms with Gasteiger partial charge in [-0.15, -0.1) is 5.10 Å². The second-order valence-electron chi connectivity index (χ2n) is 5.73. The second-order valence-corrected chi connectivity index (χ2v) is 6.67. The van der Waals surface area contributed by atoms with E-state index in [0.29, 0.717) is 16.4 Å². The zero-order valence-electron chi connectivity index (χ0n) is 14.3. The van der Waals surface area contributed by atoms with Crippen molar-refractivity contribution in [3.63, 3.8) is 0 Å². The van der Waals surface area contributed by atoms with Gasteiger partial charge < -0.3 is 4.57 Å². The minimum absolute atomic E-state index is 0.00333. The second kappa shape index (κ2) is 7.23. The number of hydrogen-bond acceptors (Lipinski definition) is 4. The van der Waals surface area contributed by atoms with E-state index in [9.17, 15) is 9.18 Å². The van der Waals surface area contributed by atoms with Gasteiger partial charge in [0.2, 0.25) is 5.16 Å². The summed E-state index contributed by atoms with van der Waals surface area (Å²) in [5.74, 6) is 0.765. The number of rotatable bonds is 6.